The van der Waals surface area contributed by atoms with E-state index in [0.29, 0.717) is 21.7 Å². The first kappa shape index (κ1) is 10.5. The van der Waals surface area contributed by atoms with Gasteiger partial charge in [-0.2, -0.15) is 0 Å². The molecule has 90 valence electrons. The summed E-state index contributed by atoms with van der Waals surface area (Å²) < 4.78 is 0. The molecule has 3 aromatic rings. The highest BCUT2D eigenvalue weighted by molar-refractivity contribution is 5.98. The molecule has 0 atom stereocenters. The quantitative estimate of drug-likeness (QED) is 0.359. The largest absolute Gasteiger partial charge is 0.504 e. The number of pyridine rings is 1. The summed E-state index contributed by atoms with van der Waals surface area (Å²) in [4.78, 5) is 3.84. The molecule has 2 aromatic carbocycles. The van der Waals surface area contributed by atoms with E-state index in [1.165, 1.54) is 18.2 Å². The van der Waals surface area contributed by atoms with Gasteiger partial charge >= 0.3 is 0 Å². The average molecular weight is 243 g/mol. The first-order valence-electron chi connectivity index (χ1n) is 5.23. The zero-order valence-corrected chi connectivity index (χ0v) is 9.12. The minimum absolute atomic E-state index is 0.210. The zero-order valence-electron chi connectivity index (χ0n) is 9.12. The van der Waals surface area contributed by atoms with Crippen LogP contribution >= 0.6 is 0 Å². The third-order valence-electron chi connectivity index (χ3n) is 2.83. The number of phenols is 2. The molecule has 0 radical (unpaired) electrons. The fraction of sp³-hybridized carbons (Fsp3) is 0. The van der Waals surface area contributed by atoms with Gasteiger partial charge in [-0.3, -0.25) is 0 Å². The summed E-state index contributed by atoms with van der Waals surface area (Å²) in [6, 6.07) is 7.59. The van der Waals surface area contributed by atoms with Crippen molar-refractivity contribution in [3.63, 3.8) is 0 Å². The van der Waals surface area contributed by atoms with Crippen LogP contribution < -0.4 is 0 Å². The van der Waals surface area contributed by atoms with Crippen molar-refractivity contribution in [3.8, 4) is 23.1 Å². The van der Waals surface area contributed by atoms with Crippen LogP contribution in [0.4, 0.5) is 0 Å². The van der Waals surface area contributed by atoms with Gasteiger partial charge in [0.05, 0.1) is 5.52 Å². The molecule has 0 amide bonds. The monoisotopic (exact) mass is 243 g/mol. The van der Waals surface area contributed by atoms with E-state index in [0.717, 1.165) is 0 Å². The second-order valence-corrected chi connectivity index (χ2v) is 4.06. The predicted molar refractivity (Wildman–Crippen MR) is 65.9 cm³/mol. The molecular weight excluding hydrogens is 234 g/mol. The molecule has 0 unspecified atom stereocenters. The summed E-state index contributed by atoms with van der Waals surface area (Å²) in [5.41, 5.74) is 0.489. The Kier molecular flexibility index (Phi) is 1.98. The molecule has 5 nitrogen and oxygen atoms in total. The number of fused-ring (bicyclic) bond motifs is 2. The van der Waals surface area contributed by atoms with Crippen LogP contribution in [0.2, 0.25) is 0 Å². The van der Waals surface area contributed by atoms with Crippen molar-refractivity contribution < 1.29 is 20.4 Å². The Morgan fingerprint density at radius 1 is 0.611 bits per heavy atom. The summed E-state index contributed by atoms with van der Waals surface area (Å²) in [5, 5.41) is 39.6. The molecule has 0 saturated carbocycles. The molecule has 0 aliphatic heterocycles. The van der Waals surface area contributed by atoms with Gasteiger partial charge in [-0.25, -0.2) is 4.98 Å². The number of aromatic nitrogens is 1. The Morgan fingerprint density at radius 2 is 1.17 bits per heavy atom. The normalized spacial score (nSPS) is 11.1. The van der Waals surface area contributed by atoms with E-state index in [2.05, 4.69) is 4.98 Å². The number of rotatable bonds is 0. The Balaban J connectivity index is 2.43. The molecule has 18 heavy (non-hydrogen) atoms. The highest BCUT2D eigenvalue weighted by atomic mass is 16.3. The summed E-state index contributed by atoms with van der Waals surface area (Å²) in [6.07, 6.45) is 0. The molecule has 4 N–H and O–H groups in total. The average Bonchev–Trinajstić information content (AvgIpc) is 2.31. The van der Waals surface area contributed by atoms with Gasteiger partial charge in [0.1, 0.15) is 0 Å². The molecule has 1 aromatic heterocycles. The molecule has 3 rings (SSSR count). The van der Waals surface area contributed by atoms with E-state index >= 15 is 0 Å². The van der Waals surface area contributed by atoms with Gasteiger partial charge in [-0.15, -0.1) is 0 Å². The van der Waals surface area contributed by atoms with Gasteiger partial charge in [0.2, 0.25) is 0 Å². The number of nitrogens with zero attached hydrogens (tertiary/aromatic N) is 1. The van der Waals surface area contributed by atoms with E-state index in [1.54, 1.807) is 12.1 Å². The van der Waals surface area contributed by atoms with Crippen LogP contribution in [-0.2, 0) is 0 Å². The van der Waals surface area contributed by atoms with Crippen LogP contribution in [0.1, 0.15) is 0 Å². The van der Waals surface area contributed by atoms with Crippen molar-refractivity contribution in [2.24, 2.45) is 0 Å². The van der Waals surface area contributed by atoms with Crippen molar-refractivity contribution in [1.82, 2.24) is 4.98 Å². The minimum Gasteiger partial charge on any atom is -0.504 e. The first-order chi connectivity index (χ1) is 8.54. The molecule has 0 aliphatic rings. The molecule has 0 aliphatic carbocycles. The predicted octanol–water partition coefficient (Wildman–Crippen LogP) is 2.21. The van der Waals surface area contributed by atoms with Gasteiger partial charge in [-0.1, -0.05) is 0 Å². The highest BCUT2D eigenvalue weighted by Gasteiger charge is 2.08. The van der Waals surface area contributed by atoms with Gasteiger partial charge in [0.25, 0.3) is 5.88 Å². The lowest BCUT2D eigenvalue weighted by Gasteiger charge is -2.05. The van der Waals surface area contributed by atoms with E-state index < -0.39 is 5.88 Å². The van der Waals surface area contributed by atoms with Crippen LogP contribution in [-0.4, -0.2) is 25.4 Å². The maximum Gasteiger partial charge on any atom is 0.254 e. The van der Waals surface area contributed by atoms with Gasteiger partial charge < -0.3 is 20.4 Å². The topological polar surface area (TPSA) is 93.8 Å². The molecule has 0 saturated heterocycles. The second kappa shape index (κ2) is 3.40. The van der Waals surface area contributed by atoms with Gasteiger partial charge in [0, 0.05) is 5.39 Å². The van der Waals surface area contributed by atoms with Crippen LogP contribution in [0.3, 0.4) is 0 Å². The van der Waals surface area contributed by atoms with E-state index in [9.17, 15) is 20.4 Å². The molecule has 5 heteroatoms. The lowest BCUT2D eigenvalue weighted by molar-refractivity contribution is 0.391. The molecular formula is C13H9NO4. The number of hydrogen-bond acceptors (Lipinski definition) is 5. The van der Waals surface area contributed by atoms with Gasteiger partial charge in [0.15, 0.2) is 17.2 Å². The van der Waals surface area contributed by atoms with E-state index in [4.69, 9.17) is 0 Å². The summed E-state index contributed by atoms with van der Waals surface area (Å²) >= 11 is 0. The molecule has 0 spiro atoms. The van der Waals surface area contributed by atoms with Crippen LogP contribution in [0.5, 0.6) is 23.1 Å². The van der Waals surface area contributed by atoms with E-state index in [-0.39, 0.29) is 17.2 Å². The maximum atomic E-state index is 9.43. The van der Waals surface area contributed by atoms with Crippen molar-refractivity contribution >= 4 is 21.7 Å². The Morgan fingerprint density at radius 3 is 1.83 bits per heavy atom. The van der Waals surface area contributed by atoms with Gasteiger partial charge in [-0.05, 0) is 41.1 Å². The van der Waals surface area contributed by atoms with Crippen LogP contribution in [0.25, 0.3) is 21.7 Å². The standard InChI is InChI=1S/C13H9NO4/c15-10-3-6-1-8-5-12(17)13(18)14-9(8)2-7(6)4-11(10)16/h1-5,15-17H,(H,14,18). The Bertz CT molecular complexity index is 654. The third kappa shape index (κ3) is 1.45. The number of benzene rings is 2. The first-order valence-corrected chi connectivity index (χ1v) is 5.23. The second-order valence-electron chi connectivity index (χ2n) is 4.06. The summed E-state index contributed by atoms with van der Waals surface area (Å²) in [5.74, 6) is -1.17. The molecule has 0 fully saturated rings. The number of hydrogen-bond donors (Lipinski definition) is 4. The summed E-state index contributed by atoms with van der Waals surface area (Å²) in [7, 11) is 0. The fourth-order valence-corrected chi connectivity index (χ4v) is 1.93. The number of aromatic hydroxyl groups is 4. The van der Waals surface area contributed by atoms with Crippen molar-refractivity contribution in [2.75, 3.05) is 0 Å². The highest BCUT2D eigenvalue weighted by Crippen LogP contribution is 2.34. The smallest absolute Gasteiger partial charge is 0.254 e. The van der Waals surface area contributed by atoms with Crippen LogP contribution in [0, 0.1) is 0 Å². The maximum absolute atomic E-state index is 9.43. The number of phenolic OH excluding ortho intramolecular Hbond substituents is 2. The van der Waals surface area contributed by atoms with Crippen LogP contribution in [0.15, 0.2) is 30.3 Å². The third-order valence-corrected chi connectivity index (χ3v) is 2.83. The lowest BCUT2D eigenvalue weighted by atomic mass is 10.1. The fourth-order valence-electron chi connectivity index (χ4n) is 1.93. The van der Waals surface area contributed by atoms with Crippen molar-refractivity contribution in [2.45, 2.75) is 0 Å². The minimum atomic E-state index is -0.440. The SMILES string of the molecule is Oc1cc2cc3cc(O)c(O)nc3cc2cc1O. The summed E-state index contributed by atoms with van der Waals surface area (Å²) in [6.45, 7) is 0. The lowest BCUT2D eigenvalue weighted by Crippen LogP contribution is -1.82. The molecule has 0 bridgehead atoms. The Hall–Kier alpha value is -2.69. The zero-order chi connectivity index (χ0) is 12.9. The molecule has 1 heterocycles. The Labute approximate surface area is 101 Å². The van der Waals surface area contributed by atoms with Crippen molar-refractivity contribution in [3.05, 3.63) is 30.3 Å². The van der Waals surface area contributed by atoms with E-state index in [1.807, 2.05) is 0 Å². The van der Waals surface area contributed by atoms with Crippen molar-refractivity contribution in [1.29, 1.82) is 0 Å².